The predicted octanol–water partition coefficient (Wildman–Crippen LogP) is 0.496. The van der Waals surface area contributed by atoms with Gasteiger partial charge in [-0.25, -0.2) is 4.98 Å². The first-order valence-corrected chi connectivity index (χ1v) is 5.45. The van der Waals surface area contributed by atoms with Crippen LogP contribution in [0.5, 0.6) is 0 Å². The Hall–Kier alpha value is -1.25. The van der Waals surface area contributed by atoms with Gasteiger partial charge in [-0.2, -0.15) is 0 Å². The van der Waals surface area contributed by atoms with Crippen molar-refractivity contribution in [1.82, 2.24) is 4.98 Å². The van der Waals surface area contributed by atoms with Crippen LogP contribution in [0.2, 0.25) is 0 Å². The maximum absolute atomic E-state index is 10.5. The first kappa shape index (κ1) is 12.8. The monoisotopic (exact) mass is 247 g/mol. The van der Waals surface area contributed by atoms with E-state index in [1.165, 1.54) is 6.20 Å². The second-order valence-electron chi connectivity index (χ2n) is 2.94. The number of aliphatic hydroxyl groups is 1. The topological polar surface area (TPSA) is 88.7 Å². The Labute approximate surface area is 96.4 Å². The Balaban J connectivity index is 2.71. The van der Waals surface area contributed by atoms with E-state index in [4.69, 9.17) is 9.84 Å². The molecular weight excluding hydrogens is 234 g/mol. The molecule has 7 nitrogen and oxygen atoms in total. The van der Waals surface area contributed by atoms with Crippen LogP contribution in [0.4, 0.5) is 10.1 Å². The Morgan fingerprint density at radius 3 is 2.94 bits per heavy atom. The first-order chi connectivity index (χ1) is 7.69. The van der Waals surface area contributed by atoms with Gasteiger partial charge in [-0.3, -0.25) is 10.1 Å². The zero-order chi connectivity index (χ0) is 12.0. The average molecular weight is 247 g/mol. The molecule has 0 amide bonds. The lowest BCUT2D eigenvalue weighted by atomic mass is 10.5. The molecule has 1 aromatic rings. The molecule has 1 aromatic heterocycles. The van der Waals surface area contributed by atoms with Crippen molar-refractivity contribution < 1.29 is 14.8 Å². The number of methoxy groups -OCH3 is 1. The zero-order valence-electron chi connectivity index (χ0n) is 8.83. The Kier molecular flexibility index (Phi) is 5.09. The van der Waals surface area contributed by atoms with Crippen LogP contribution < -0.4 is 4.90 Å². The number of ether oxygens (including phenoxy) is 1. The van der Waals surface area contributed by atoms with Crippen LogP contribution in [0.1, 0.15) is 0 Å². The predicted molar refractivity (Wildman–Crippen MR) is 59.9 cm³/mol. The van der Waals surface area contributed by atoms with E-state index in [9.17, 15) is 10.1 Å². The van der Waals surface area contributed by atoms with Crippen molar-refractivity contribution >= 4 is 21.5 Å². The van der Waals surface area contributed by atoms with Gasteiger partial charge in [-0.15, -0.1) is 0 Å². The minimum Gasteiger partial charge on any atom is -0.395 e. The van der Waals surface area contributed by atoms with Crippen molar-refractivity contribution in [3.63, 3.8) is 0 Å². The van der Waals surface area contributed by atoms with Crippen molar-refractivity contribution in [1.29, 1.82) is 0 Å². The highest BCUT2D eigenvalue weighted by Crippen LogP contribution is 2.27. The molecule has 16 heavy (non-hydrogen) atoms. The molecule has 1 heterocycles. The van der Waals surface area contributed by atoms with E-state index in [-0.39, 0.29) is 11.6 Å². The number of thiazole rings is 1. The molecule has 0 aliphatic rings. The number of hydrogen-bond acceptors (Lipinski definition) is 7. The minimum atomic E-state index is -0.478. The van der Waals surface area contributed by atoms with Gasteiger partial charge in [0.05, 0.1) is 18.1 Å². The molecule has 8 heteroatoms. The summed E-state index contributed by atoms with van der Waals surface area (Å²) in [5.74, 6) is 0. The smallest absolute Gasteiger partial charge is 0.345 e. The second-order valence-corrected chi connectivity index (χ2v) is 3.93. The summed E-state index contributed by atoms with van der Waals surface area (Å²) in [6.07, 6.45) is 1.22. The van der Waals surface area contributed by atoms with E-state index in [0.29, 0.717) is 24.8 Å². The molecule has 0 aliphatic heterocycles. The third-order valence-corrected chi connectivity index (χ3v) is 2.88. The zero-order valence-corrected chi connectivity index (χ0v) is 9.64. The Bertz CT molecular complexity index is 344. The highest BCUT2D eigenvalue weighted by atomic mass is 32.1. The molecule has 0 aromatic carbocycles. The molecule has 0 radical (unpaired) electrons. The number of aromatic nitrogens is 1. The van der Waals surface area contributed by atoms with E-state index in [1.54, 1.807) is 12.0 Å². The maximum atomic E-state index is 10.5. The van der Waals surface area contributed by atoms with Gasteiger partial charge in [-0.05, 0) is 11.3 Å². The molecule has 0 aliphatic carbocycles. The third kappa shape index (κ3) is 3.40. The summed E-state index contributed by atoms with van der Waals surface area (Å²) in [6, 6.07) is 0. The van der Waals surface area contributed by atoms with Crippen LogP contribution >= 0.6 is 11.3 Å². The van der Waals surface area contributed by atoms with Crippen LogP contribution in [-0.4, -0.2) is 48.4 Å². The molecule has 0 saturated carbocycles. The quantitative estimate of drug-likeness (QED) is 0.557. The normalized spacial score (nSPS) is 10.4. The summed E-state index contributed by atoms with van der Waals surface area (Å²) >= 11 is 0.989. The second kappa shape index (κ2) is 6.36. The molecule has 0 saturated heterocycles. The third-order valence-electron chi connectivity index (χ3n) is 1.87. The number of rotatable bonds is 7. The molecule has 0 atom stereocenters. The van der Waals surface area contributed by atoms with Gasteiger partial charge in [-0.1, -0.05) is 0 Å². The van der Waals surface area contributed by atoms with E-state index < -0.39 is 4.92 Å². The highest BCUT2D eigenvalue weighted by molar-refractivity contribution is 7.18. The molecule has 0 bridgehead atoms. The van der Waals surface area contributed by atoms with Crippen molar-refractivity contribution in [3.8, 4) is 0 Å². The molecule has 1 rings (SSSR count). The van der Waals surface area contributed by atoms with Crippen molar-refractivity contribution in [3.05, 3.63) is 16.3 Å². The Morgan fingerprint density at radius 1 is 1.69 bits per heavy atom. The maximum Gasteiger partial charge on any atom is 0.345 e. The number of nitro groups is 1. The van der Waals surface area contributed by atoms with Crippen LogP contribution in [0, 0.1) is 10.1 Å². The van der Waals surface area contributed by atoms with Crippen LogP contribution in [0.3, 0.4) is 0 Å². The van der Waals surface area contributed by atoms with Gasteiger partial charge in [0.25, 0.3) is 0 Å². The number of aliphatic hydroxyl groups excluding tert-OH is 1. The fourth-order valence-electron chi connectivity index (χ4n) is 1.11. The highest BCUT2D eigenvalue weighted by Gasteiger charge is 2.16. The minimum absolute atomic E-state index is 0.00430. The number of hydrogen-bond donors (Lipinski definition) is 1. The van der Waals surface area contributed by atoms with E-state index in [2.05, 4.69) is 4.98 Å². The molecule has 0 spiro atoms. The fourth-order valence-corrected chi connectivity index (χ4v) is 1.90. The molecule has 0 unspecified atom stereocenters. The van der Waals surface area contributed by atoms with Gasteiger partial charge in [0.1, 0.15) is 6.20 Å². The van der Waals surface area contributed by atoms with E-state index >= 15 is 0 Å². The number of nitrogens with zero attached hydrogens (tertiary/aromatic N) is 3. The molecular formula is C8H13N3O4S. The number of anilines is 1. The molecule has 0 fully saturated rings. The SMILES string of the molecule is COCCN(CCO)c1ncc([N+](=O)[O-])s1. The summed E-state index contributed by atoms with van der Waals surface area (Å²) in [5.41, 5.74) is 0. The van der Waals surface area contributed by atoms with Gasteiger partial charge < -0.3 is 14.7 Å². The van der Waals surface area contributed by atoms with Gasteiger partial charge in [0.15, 0.2) is 5.13 Å². The summed E-state index contributed by atoms with van der Waals surface area (Å²) in [5, 5.41) is 19.9. The van der Waals surface area contributed by atoms with Crippen molar-refractivity contribution in [2.24, 2.45) is 0 Å². The first-order valence-electron chi connectivity index (χ1n) is 4.64. The summed E-state index contributed by atoms with van der Waals surface area (Å²) < 4.78 is 4.91. The standard InChI is InChI=1S/C8H13N3O4S/c1-15-5-3-10(2-4-12)8-9-6-7(16-8)11(13)14/h6,12H,2-5H2,1H3. The van der Waals surface area contributed by atoms with Crippen LogP contribution in [0.15, 0.2) is 6.20 Å². The van der Waals surface area contributed by atoms with Gasteiger partial charge in [0, 0.05) is 20.2 Å². The van der Waals surface area contributed by atoms with Crippen molar-refractivity contribution in [2.75, 3.05) is 38.3 Å². The fraction of sp³-hybridized carbons (Fsp3) is 0.625. The van der Waals surface area contributed by atoms with Crippen LogP contribution in [-0.2, 0) is 4.74 Å². The Morgan fingerprint density at radius 2 is 2.44 bits per heavy atom. The van der Waals surface area contributed by atoms with Crippen LogP contribution in [0.25, 0.3) is 0 Å². The van der Waals surface area contributed by atoms with Gasteiger partial charge in [0.2, 0.25) is 0 Å². The molecule has 1 N–H and O–H groups in total. The van der Waals surface area contributed by atoms with E-state index in [0.717, 1.165) is 11.3 Å². The molecule has 90 valence electrons. The summed E-state index contributed by atoms with van der Waals surface area (Å²) in [6.45, 7) is 1.38. The van der Waals surface area contributed by atoms with Gasteiger partial charge >= 0.3 is 5.00 Å². The lowest BCUT2D eigenvalue weighted by Gasteiger charge is -2.19. The lowest BCUT2D eigenvalue weighted by Crippen LogP contribution is -2.29. The largest absolute Gasteiger partial charge is 0.395 e. The summed E-state index contributed by atoms with van der Waals surface area (Å²) in [4.78, 5) is 15.7. The lowest BCUT2D eigenvalue weighted by molar-refractivity contribution is -0.380. The average Bonchev–Trinajstić information content (AvgIpc) is 2.73. The van der Waals surface area contributed by atoms with Crippen molar-refractivity contribution in [2.45, 2.75) is 0 Å². The summed E-state index contributed by atoms with van der Waals surface area (Å²) in [7, 11) is 1.57. The van der Waals surface area contributed by atoms with E-state index in [1.807, 2.05) is 0 Å².